The molecule has 1 aliphatic rings. The van der Waals surface area contributed by atoms with E-state index >= 15 is 0 Å². The van der Waals surface area contributed by atoms with Gasteiger partial charge in [-0.2, -0.15) is 0 Å². The van der Waals surface area contributed by atoms with E-state index < -0.39 is 29.3 Å². The van der Waals surface area contributed by atoms with Gasteiger partial charge in [0.2, 0.25) is 5.91 Å². The third kappa shape index (κ3) is 3.18. The lowest BCUT2D eigenvalue weighted by Gasteiger charge is -2.12. The van der Waals surface area contributed by atoms with Crippen molar-refractivity contribution in [1.82, 2.24) is 4.90 Å². The molecule has 1 fully saturated rings. The summed E-state index contributed by atoms with van der Waals surface area (Å²) in [7, 11) is 0. The smallest absolute Gasteiger partial charge is 0.409 e. The van der Waals surface area contributed by atoms with E-state index in [1.807, 2.05) is 0 Å². The molecule has 0 atom stereocenters. The zero-order chi connectivity index (χ0) is 13.8. The minimum atomic E-state index is -0.839. The fourth-order valence-corrected chi connectivity index (χ4v) is 1.68. The van der Waals surface area contributed by atoms with Gasteiger partial charge in [-0.3, -0.25) is 4.79 Å². The van der Waals surface area contributed by atoms with Crippen molar-refractivity contribution in [3.63, 3.8) is 0 Å². The zero-order valence-corrected chi connectivity index (χ0v) is 9.99. The molecular formula is C12H12F2N2O3. The minimum Gasteiger partial charge on any atom is -0.448 e. The van der Waals surface area contributed by atoms with Crippen LogP contribution in [0.5, 0.6) is 0 Å². The van der Waals surface area contributed by atoms with Gasteiger partial charge >= 0.3 is 6.09 Å². The Kier molecular flexibility index (Phi) is 3.94. The quantitative estimate of drug-likeness (QED) is 0.906. The molecule has 0 bridgehead atoms. The fourth-order valence-electron chi connectivity index (χ4n) is 1.68. The molecule has 0 aromatic heterocycles. The predicted molar refractivity (Wildman–Crippen MR) is 62.5 cm³/mol. The summed E-state index contributed by atoms with van der Waals surface area (Å²) in [6.45, 7) is 0.864. The van der Waals surface area contributed by atoms with Gasteiger partial charge in [-0.25, -0.2) is 13.6 Å². The van der Waals surface area contributed by atoms with Crippen LogP contribution in [0.4, 0.5) is 19.3 Å². The second-order valence-corrected chi connectivity index (χ2v) is 4.00. The predicted octanol–water partition coefficient (Wildman–Crippen LogP) is 1.75. The van der Waals surface area contributed by atoms with Crippen LogP contribution in [0.3, 0.4) is 0 Å². The molecule has 1 aliphatic heterocycles. The molecule has 1 aromatic rings. The van der Waals surface area contributed by atoms with Crippen molar-refractivity contribution < 1.29 is 23.1 Å². The fraction of sp³-hybridized carbons (Fsp3) is 0.333. The van der Waals surface area contributed by atoms with E-state index in [9.17, 15) is 18.4 Å². The maximum atomic E-state index is 13.3. The molecule has 0 unspecified atom stereocenters. The van der Waals surface area contributed by atoms with Crippen molar-refractivity contribution in [1.29, 1.82) is 0 Å². The molecule has 102 valence electrons. The van der Waals surface area contributed by atoms with Gasteiger partial charge in [0.05, 0.1) is 6.54 Å². The number of halogens is 2. The standard InChI is InChI=1S/C12H12F2N2O3/c13-8-2-1-3-9(14)11(8)15-10(17)4-5-16-6-7-19-12(16)18/h1-3H,4-7H2,(H,15,17). The molecule has 0 aliphatic carbocycles. The molecule has 7 heteroatoms. The van der Waals surface area contributed by atoms with Gasteiger partial charge in [0, 0.05) is 13.0 Å². The molecule has 2 amide bonds. The van der Waals surface area contributed by atoms with Crippen LogP contribution in [0.2, 0.25) is 0 Å². The Bertz CT molecular complexity index is 487. The molecule has 2 rings (SSSR count). The van der Waals surface area contributed by atoms with Crippen LogP contribution in [0, 0.1) is 11.6 Å². The maximum Gasteiger partial charge on any atom is 0.409 e. The summed E-state index contributed by atoms with van der Waals surface area (Å²) in [6.07, 6.45) is -0.534. The number of carbonyl (C=O) groups is 2. The van der Waals surface area contributed by atoms with Gasteiger partial charge in [-0.15, -0.1) is 0 Å². The van der Waals surface area contributed by atoms with Crippen molar-refractivity contribution >= 4 is 17.7 Å². The molecule has 1 N–H and O–H groups in total. The number of hydrogen-bond acceptors (Lipinski definition) is 3. The molecule has 1 saturated heterocycles. The van der Waals surface area contributed by atoms with Crippen LogP contribution < -0.4 is 5.32 Å². The summed E-state index contributed by atoms with van der Waals surface area (Å²) in [5, 5.41) is 2.15. The van der Waals surface area contributed by atoms with E-state index in [4.69, 9.17) is 0 Å². The first-order valence-electron chi connectivity index (χ1n) is 5.73. The number of nitrogens with one attached hydrogen (secondary N) is 1. The number of ether oxygens (including phenoxy) is 1. The van der Waals surface area contributed by atoms with Crippen molar-refractivity contribution in [2.45, 2.75) is 6.42 Å². The molecule has 0 spiro atoms. The number of para-hydroxylation sites is 1. The number of cyclic esters (lactones) is 1. The van der Waals surface area contributed by atoms with Crippen LogP contribution >= 0.6 is 0 Å². The SMILES string of the molecule is O=C(CCN1CCOC1=O)Nc1c(F)cccc1F. The number of carbonyl (C=O) groups excluding carboxylic acids is 2. The average molecular weight is 270 g/mol. The highest BCUT2D eigenvalue weighted by Crippen LogP contribution is 2.18. The molecule has 0 radical (unpaired) electrons. The molecule has 1 aromatic carbocycles. The third-order valence-corrected chi connectivity index (χ3v) is 2.68. The lowest BCUT2D eigenvalue weighted by molar-refractivity contribution is -0.116. The van der Waals surface area contributed by atoms with E-state index in [2.05, 4.69) is 10.1 Å². The van der Waals surface area contributed by atoms with Gasteiger partial charge in [-0.05, 0) is 12.1 Å². The van der Waals surface area contributed by atoms with E-state index in [0.717, 1.165) is 12.1 Å². The largest absolute Gasteiger partial charge is 0.448 e. The first-order valence-corrected chi connectivity index (χ1v) is 5.73. The summed E-state index contributed by atoms with van der Waals surface area (Å²) in [4.78, 5) is 24.0. The maximum absolute atomic E-state index is 13.3. The first kappa shape index (κ1) is 13.3. The Morgan fingerprint density at radius 2 is 2.05 bits per heavy atom. The van der Waals surface area contributed by atoms with E-state index in [0.29, 0.717) is 13.2 Å². The third-order valence-electron chi connectivity index (χ3n) is 2.68. The Morgan fingerprint density at radius 1 is 1.37 bits per heavy atom. The highest BCUT2D eigenvalue weighted by atomic mass is 19.1. The number of nitrogens with zero attached hydrogens (tertiary/aromatic N) is 1. The summed E-state index contributed by atoms with van der Waals surface area (Å²) >= 11 is 0. The molecule has 0 saturated carbocycles. The monoisotopic (exact) mass is 270 g/mol. The number of rotatable bonds is 4. The van der Waals surface area contributed by atoms with Crippen LogP contribution in [0.15, 0.2) is 18.2 Å². The minimum absolute atomic E-state index is 0.0527. The van der Waals surface area contributed by atoms with E-state index in [1.165, 1.54) is 11.0 Å². The zero-order valence-electron chi connectivity index (χ0n) is 9.99. The second kappa shape index (κ2) is 5.64. The second-order valence-electron chi connectivity index (χ2n) is 4.00. The van der Waals surface area contributed by atoms with E-state index in [1.54, 1.807) is 0 Å². The summed E-state index contributed by atoms with van der Waals surface area (Å²) in [5.41, 5.74) is -0.475. The van der Waals surface area contributed by atoms with Crippen LogP contribution in [0.25, 0.3) is 0 Å². The summed E-state index contributed by atoms with van der Waals surface area (Å²) in [6, 6.07) is 3.31. The summed E-state index contributed by atoms with van der Waals surface area (Å²) < 4.78 is 31.2. The topological polar surface area (TPSA) is 58.6 Å². The van der Waals surface area contributed by atoms with Gasteiger partial charge < -0.3 is 15.0 Å². The van der Waals surface area contributed by atoms with Crippen molar-refractivity contribution in [3.05, 3.63) is 29.8 Å². The van der Waals surface area contributed by atoms with Crippen molar-refractivity contribution in [2.75, 3.05) is 25.0 Å². The molecule has 1 heterocycles. The van der Waals surface area contributed by atoms with Crippen LogP contribution in [0.1, 0.15) is 6.42 Å². The molecule has 5 nitrogen and oxygen atoms in total. The Labute approximate surface area is 108 Å². The highest BCUT2D eigenvalue weighted by molar-refractivity contribution is 5.91. The van der Waals surface area contributed by atoms with Gasteiger partial charge in [0.15, 0.2) is 0 Å². The Hall–Kier alpha value is -2.18. The van der Waals surface area contributed by atoms with Crippen molar-refractivity contribution in [3.8, 4) is 0 Å². The molecular weight excluding hydrogens is 258 g/mol. The van der Waals surface area contributed by atoms with Gasteiger partial charge in [0.25, 0.3) is 0 Å². The Morgan fingerprint density at radius 3 is 2.63 bits per heavy atom. The average Bonchev–Trinajstić information content (AvgIpc) is 2.77. The van der Waals surface area contributed by atoms with Gasteiger partial charge in [-0.1, -0.05) is 6.07 Å². The van der Waals surface area contributed by atoms with Crippen molar-refractivity contribution in [2.24, 2.45) is 0 Å². The molecule has 19 heavy (non-hydrogen) atoms. The number of hydrogen-bond donors (Lipinski definition) is 1. The normalized spacial score (nSPS) is 14.4. The van der Waals surface area contributed by atoms with Gasteiger partial charge in [0.1, 0.15) is 23.9 Å². The first-order chi connectivity index (χ1) is 9.08. The summed E-state index contributed by atoms with van der Waals surface area (Å²) in [5.74, 6) is -2.24. The highest BCUT2D eigenvalue weighted by Gasteiger charge is 2.22. The van der Waals surface area contributed by atoms with E-state index in [-0.39, 0.29) is 13.0 Å². The number of anilines is 1. The lowest BCUT2D eigenvalue weighted by atomic mass is 10.2. The van der Waals surface area contributed by atoms with Crippen LogP contribution in [-0.2, 0) is 9.53 Å². The Balaban J connectivity index is 1.89. The lowest BCUT2D eigenvalue weighted by Crippen LogP contribution is -2.28. The number of benzene rings is 1. The number of amides is 2. The van der Waals surface area contributed by atoms with Crippen LogP contribution in [-0.4, -0.2) is 36.6 Å².